The van der Waals surface area contributed by atoms with Crippen LogP contribution < -0.4 is 10.5 Å². The minimum atomic E-state index is -3.59. The highest BCUT2D eigenvalue weighted by Crippen LogP contribution is 2.27. The quantitative estimate of drug-likeness (QED) is 0.834. The second kappa shape index (κ2) is 6.15. The third-order valence-corrected chi connectivity index (χ3v) is 5.96. The van der Waals surface area contributed by atoms with Gasteiger partial charge in [-0.15, -0.1) is 0 Å². The molecule has 0 radical (unpaired) electrons. The van der Waals surface area contributed by atoms with E-state index in [2.05, 4.69) is 32.5 Å². The van der Waals surface area contributed by atoms with Crippen LogP contribution >= 0.6 is 15.9 Å². The van der Waals surface area contributed by atoms with E-state index in [1.165, 1.54) is 6.07 Å². The van der Waals surface area contributed by atoms with E-state index in [4.69, 9.17) is 10.2 Å². The lowest BCUT2D eigenvalue weighted by Gasteiger charge is -2.34. The molecule has 3 N–H and O–H groups in total. The molecule has 1 aromatic rings. The Morgan fingerprint density at radius 3 is 2.85 bits per heavy atom. The maximum absolute atomic E-state index is 12.4. The molecule has 2 rings (SSSR count). The van der Waals surface area contributed by atoms with Gasteiger partial charge in [0, 0.05) is 18.7 Å². The Hall–Kier alpha value is -0.410. The van der Waals surface area contributed by atoms with Crippen LogP contribution in [0.15, 0.2) is 20.0 Å². The first-order valence-electron chi connectivity index (χ1n) is 6.52. The standard InChI is InChI=1S/C12H20BrN3O3S/c1-8-7-16(2)4-3-10(8)15-20(17,18)11-5-9(6-14)19-12(11)13/h5,8,10,15H,3-4,6-7,14H2,1-2H3. The fraction of sp³-hybridized carbons (Fsp3) is 0.667. The number of nitrogens with two attached hydrogens (primary N) is 1. The van der Waals surface area contributed by atoms with Gasteiger partial charge >= 0.3 is 0 Å². The van der Waals surface area contributed by atoms with Crippen molar-refractivity contribution in [3.05, 3.63) is 16.5 Å². The average Bonchev–Trinajstić information content (AvgIpc) is 2.75. The highest BCUT2D eigenvalue weighted by atomic mass is 79.9. The summed E-state index contributed by atoms with van der Waals surface area (Å²) in [5, 5.41) is 0. The lowest BCUT2D eigenvalue weighted by Crippen LogP contribution is -2.48. The van der Waals surface area contributed by atoms with Crippen LogP contribution in [0.3, 0.4) is 0 Å². The van der Waals surface area contributed by atoms with Crippen LogP contribution in [0.5, 0.6) is 0 Å². The number of piperidine rings is 1. The van der Waals surface area contributed by atoms with Gasteiger partial charge in [0.1, 0.15) is 10.7 Å². The van der Waals surface area contributed by atoms with Crippen molar-refractivity contribution in [2.24, 2.45) is 11.7 Å². The number of furan rings is 1. The minimum absolute atomic E-state index is 0.0562. The number of hydrogen-bond donors (Lipinski definition) is 2. The van der Waals surface area contributed by atoms with Crippen LogP contribution in [0.2, 0.25) is 0 Å². The van der Waals surface area contributed by atoms with E-state index >= 15 is 0 Å². The summed E-state index contributed by atoms with van der Waals surface area (Å²) in [5.74, 6) is 0.705. The van der Waals surface area contributed by atoms with Crippen LogP contribution in [0, 0.1) is 5.92 Å². The van der Waals surface area contributed by atoms with Crippen molar-refractivity contribution in [1.82, 2.24) is 9.62 Å². The van der Waals surface area contributed by atoms with Gasteiger partial charge in [0.25, 0.3) is 0 Å². The highest BCUT2D eigenvalue weighted by molar-refractivity contribution is 9.10. The number of halogens is 1. The second-order valence-corrected chi connectivity index (χ2v) is 7.71. The lowest BCUT2D eigenvalue weighted by molar-refractivity contribution is 0.188. The fourth-order valence-corrected chi connectivity index (χ4v) is 4.85. The zero-order valence-electron chi connectivity index (χ0n) is 11.6. The summed E-state index contributed by atoms with van der Waals surface area (Å²) in [4.78, 5) is 2.32. The number of likely N-dealkylation sites (tertiary alicyclic amines) is 1. The van der Waals surface area contributed by atoms with Crippen molar-refractivity contribution in [3.8, 4) is 0 Å². The molecule has 20 heavy (non-hydrogen) atoms. The van der Waals surface area contributed by atoms with E-state index in [9.17, 15) is 8.42 Å². The smallest absolute Gasteiger partial charge is 0.245 e. The van der Waals surface area contributed by atoms with E-state index in [1.54, 1.807) is 0 Å². The summed E-state index contributed by atoms with van der Waals surface area (Å²) in [7, 11) is -1.55. The Morgan fingerprint density at radius 2 is 2.30 bits per heavy atom. The van der Waals surface area contributed by atoms with Gasteiger partial charge in [-0.1, -0.05) is 6.92 Å². The maximum Gasteiger partial charge on any atom is 0.245 e. The van der Waals surface area contributed by atoms with Crippen LogP contribution in [-0.2, 0) is 16.6 Å². The maximum atomic E-state index is 12.4. The molecule has 1 aromatic heterocycles. The van der Waals surface area contributed by atoms with Gasteiger partial charge in [-0.05, 0) is 41.9 Å². The van der Waals surface area contributed by atoms with Crippen molar-refractivity contribution in [3.63, 3.8) is 0 Å². The topological polar surface area (TPSA) is 88.6 Å². The van der Waals surface area contributed by atoms with Crippen LogP contribution in [0.1, 0.15) is 19.1 Å². The van der Waals surface area contributed by atoms with Gasteiger partial charge in [-0.2, -0.15) is 0 Å². The van der Waals surface area contributed by atoms with Crippen molar-refractivity contribution in [2.75, 3.05) is 20.1 Å². The predicted octanol–water partition coefficient (Wildman–Crippen LogP) is 1.12. The second-order valence-electron chi connectivity index (χ2n) is 5.31. The van der Waals surface area contributed by atoms with E-state index < -0.39 is 10.0 Å². The van der Waals surface area contributed by atoms with Gasteiger partial charge in [-0.3, -0.25) is 0 Å². The molecule has 6 nitrogen and oxygen atoms in total. The van der Waals surface area contributed by atoms with Gasteiger partial charge in [0.2, 0.25) is 10.0 Å². The largest absolute Gasteiger partial charge is 0.452 e. The minimum Gasteiger partial charge on any atom is -0.452 e. The molecule has 1 fully saturated rings. The van der Waals surface area contributed by atoms with Crippen LogP contribution in [-0.4, -0.2) is 39.5 Å². The monoisotopic (exact) mass is 365 g/mol. The highest BCUT2D eigenvalue weighted by Gasteiger charge is 2.30. The Bertz CT molecular complexity index is 573. The molecule has 0 aliphatic carbocycles. The van der Waals surface area contributed by atoms with Gasteiger partial charge in [-0.25, -0.2) is 13.1 Å². The molecule has 2 heterocycles. The Morgan fingerprint density at radius 1 is 1.60 bits per heavy atom. The number of nitrogens with zero attached hydrogens (tertiary/aromatic N) is 1. The van der Waals surface area contributed by atoms with E-state index in [1.807, 2.05) is 7.05 Å². The van der Waals surface area contributed by atoms with Crippen molar-refractivity contribution in [2.45, 2.75) is 30.8 Å². The van der Waals surface area contributed by atoms with E-state index in [-0.39, 0.29) is 28.1 Å². The van der Waals surface area contributed by atoms with Crippen LogP contribution in [0.4, 0.5) is 0 Å². The van der Waals surface area contributed by atoms with Gasteiger partial charge in [0.15, 0.2) is 4.67 Å². The summed E-state index contributed by atoms with van der Waals surface area (Å²) in [6.45, 7) is 3.99. The number of rotatable bonds is 4. The van der Waals surface area contributed by atoms with Crippen molar-refractivity contribution in [1.29, 1.82) is 0 Å². The number of nitrogens with one attached hydrogen (secondary N) is 1. The zero-order chi connectivity index (χ0) is 14.9. The first-order chi connectivity index (χ1) is 9.33. The molecule has 114 valence electrons. The third kappa shape index (κ3) is 3.43. The fourth-order valence-electron chi connectivity index (χ4n) is 2.47. The predicted molar refractivity (Wildman–Crippen MR) is 79.7 cm³/mol. The Labute approximate surface area is 127 Å². The number of hydrogen-bond acceptors (Lipinski definition) is 5. The molecule has 1 saturated heterocycles. The van der Waals surface area contributed by atoms with E-state index in [0.29, 0.717) is 5.76 Å². The number of sulfonamides is 1. The van der Waals surface area contributed by atoms with Gasteiger partial charge in [0.05, 0.1) is 6.54 Å². The zero-order valence-corrected chi connectivity index (χ0v) is 14.0. The molecule has 0 bridgehead atoms. The van der Waals surface area contributed by atoms with Crippen molar-refractivity contribution < 1.29 is 12.8 Å². The molecule has 8 heteroatoms. The summed E-state index contributed by atoms with van der Waals surface area (Å²) in [6, 6.07) is 1.41. The van der Waals surface area contributed by atoms with Gasteiger partial charge < -0.3 is 15.1 Å². The first kappa shape index (κ1) is 16.0. The van der Waals surface area contributed by atoms with Crippen molar-refractivity contribution >= 4 is 26.0 Å². The van der Waals surface area contributed by atoms with E-state index in [0.717, 1.165) is 19.5 Å². The molecule has 2 unspecified atom stereocenters. The summed E-state index contributed by atoms with van der Waals surface area (Å²) >= 11 is 3.13. The Kier molecular flexibility index (Phi) is 4.91. The molecule has 0 spiro atoms. The molecular formula is C12H20BrN3O3S. The molecule has 1 aliphatic heterocycles. The molecule has 0 aromatic carbocycles. The normalized spacial score (nSPS) is 25.0. The molecule has 0 saturated carbocycles. The molecule has 2 atom stereocenters. The third-order valence-electron chi connectivity index (χ3n) is 3.61. The summed E-state index contributed by atoms with van der Waals surface area (Å²) in [5.41, 5.74) is 5.46. The summed E-state index contributed by atoms with van der Waals surface area (Å²) in [6.07, 6.45) is 0.802. The Balaban J connectivity index is 2.16. The SMILES string of the molecule is CC1CN(C)CCC1NS(=O)(=O)c1cc(CN)oc1Br. The average molecular weight is 366 g/mol. The molecule has 0 amide bonds. The summed E-state index contributed by atoms with van der Waals surface area (Å²) < 4.78 is 33.1. The molecule has 1 aliphatic rings. The van der Waals surface area contributed by atoms with Crippen LogP contribution in [0.25, 0.3) is 0 Å². The molecular weight excluding hydrogens is 346 g/mol. The lowest BCUT2D eigenvalue weighted by atomic mass is 9.95. The first-order valence-corrected chi connectivity index (χ1v) is 8.80.